The molecule has 0 bridgehead atoms. The number of rotatable bonds is 7. The summed E-state index contributed by atoms with van der Waals surface area (Å²) in [7, 11) is 0. The molecule has 1 N–H and O–H groups in total. The smallest absolute Gasteiger partial charge is 0.308 e. The van der Waals surface area contributed by atoms with E-state index in [9.17, 15) is 4.79 Å². The van der Waals surface area contributed by atoms with Gasteiger partial charge in [-0.1, -0.05) is 0 Å². The average Bonchev–Trinajstić information content (AvgIpc) is 2.80. The van der Waals surface area contributed by atoms with Crippen LogP contribution in [0.15, 0.2) is 24.3 Å². The topological polar surface area (TPSA) is 59.4 Å². The second kappa shape index (κ2) is 7.43. The highest BCUT2D eigenvalue weighted by atomic mass is 35.5. The highest BCUT2D eigenvalue weighted by Crippen LogP contribution is 2.29. The Hall–Kier alpha value is -1.59. The van der Waals surface area contributed by atoms with Crippen molar-refractivity contribution in [2.45, 2.75) is 19.8 Å². The van der Waals surface area contributed by atoms with E-state index in [-0.39, 0.29) is 6.42 Å². The zero-order valence-electron chi connectivity index (χ0n) is 11.6. The zero-order valence-corrected chi connectivity index (χ0v) is 13.2. The summed E-state index contributed by atoms with van der Waals surface area (Å²) in [5.74, 6) is 0.544. The molecular weight excluding hydrogens is 310 g/mol. The van der Waals surface area contributed by atoms with Gasteiger partial charge in [-0.2, -0.15) is 0 Å². The predicted octanol–water partition coefficient (Wildman–Crippen LogP) is 3.75. The fourth-order valence-corrected chi connectivity index (χ4v) is 2.96. The third-order valence-electron chi connectivity index (χ3n) is 2.85. The van der Waals surface area contributed by atoms with E-state index >= 15 is 0 Å². The van der Waals surface area contributed by atoms with Crippen molar-refractivity contribution in [3.63, 3.8) is 0 Å². The number of ether oxygens (including phenoxy) is 1. The number of benzene rings is 1. The molecule has 1 aromatic heterocycles. The summed E-state index contributed by atoms with van der Waals surface area (Å²) in [6.45, 7) is 2.43. The summed E-state index contributed by atoms with van der Waals surface area (Å²) in [6, 6.07) is 7.63. The van der Waals surface area contributed by atoms with Crippen molar-refractivity contribution < 1.29 is 14.6 Å². The molecule has 0 aliphatic heterocycles. The molecule has 2 rings (SSSR count). The molecule has 2 aromatic rings. The van der Waals surface area contributed by atoms with Crippen molar-refractivity contribution >= 4 is 28.9 Å². The number of aryl methyl sites for hydroxylation is 1. The van der Waals surface area contributed by atoms with Gasteiger partial charge >= 0.3 is 5.97 Å². The van der Waals surface area contributed by atoms with Gasteiger partial charge in [0.1, 0.15) is 10.8 Å². The molecule has 0 atom stereocenters. The van der Waals surface area contributed by atoms with E-state index in [1.54, 1.807) is 0 Å². The Balaban J connectivity index is 2.09. The average molecular weight is 326 g/mol. The third kappa shape index (κ3) is 4.44. The Morgan fingerprint density at radius 2 is 2.10 bits per heavy atom. The molecule has 0 unspecified atom stereocenters. The highest BCUT2D eigenvalue weighted by Gasteiger charge is 2.12. The number of hydrogen-bond acceptors (Lipinski definition) is 4. The number of thiazole rings is 1. The molecule has 112 valence electrons. The maximum absolute atomic E-state index is 10.8. The third-order valence-corrected chi connectivity index (χ3v) is 4.33. The van der Waals surface area contributed by atoms with Crippen molar-refractivity contribution in [1.29, 1.82) is 0 Å². The lowest BCUT2D eigenvalue weighted by Gasteiger charge is -2.05. The Labute approximate surface area is 132 Å². The first kappa shape index (κ1) is 15.8. The second-order valence-electron chi connectivity index (χ2n) is 4.51. The Morgan fingerprint density at radius 3 is 2.71 bits per heavy atom. The highest BCUT2D eigenvalue weighted by molar-refractivity contribution is 7.15. The van der Waals surface area contributed by atoms with Gasteiger partial charge in [-0.05, 0) is 37.6 Å². The molecule has 21 heavy (non-hydrogen) atoms. The van der Waals surface area contributed by atoms with Crippen molar-refractivity contribution in [2.24, 2.45) is 0 Å². The van der Waals surface area contributed by atoms with Gasteiger partial charge in [0.05, 0.1) is 18.7 Å². The van der Waals surface area contributed by atoms with E-state index in [4.69, 9.17) is 21.4 Å². The first-order valence-electron chi connectivity index (χ1n) is 6.57. The summed E-state index contributed by atoms with van der Waals surface area (Å²) in [5, 5.41) is 9.69. The Bertz CT molecular complexity index is 610. The molecule has 0 spiro atoms. The van der Waals surface area contributed by atoms with E-state index in [0.29, 0.717) is 12.5 Å². The molecular formula is C15H16ClNO3S. The van der Waals surface area contributed by atoms with Crippen LogP contribution in [0, 0.1) is 6.92 Å². The van der Waals surface area contributed by atoms with Crippen molar-refractivity contribution in [3.05, 3.63) is 34.8 Å². The molecule has 1 aromatic carbocycles. The lowest BCUT2D eigenvalue weighted by molar-refractivity contribution is -0.136. The minimum Gasteiger partial charge on any atom is -0.494 e. The van der Waals surface area contributed by atoms with Gasteiger partial charge in [0, 0.05) is 16.3 Å². The molecule has 0 amide bonds. The molecule has 1 heterocycles. The van der Waals surface area contributed by atoms with Crippen LogP contribution in [-0.2, 0) is 11.2 Å². The van der Waals surface area contributed by atoms with Crippen molar-refractivity contribution in [1.82, 2.24) is 4.98 Å². The first-order chi connectivity index (χ1) is 10.1. The first-order valence-corrected chi connectivity index (χ1v) is 7.92. The molecule has 6 heteroatoms. The normalized spacial score (nSPS) is 10.6. The maximum atomic E-state index is 10.8. The standard InChI is InChI=1S/C15H16ClNO3S/c1-10-13(9-14(18)19)21-15(17-10)11-3-5-12(6-4-11)20-8-2-7-16/h3-6H,2,7-9H2,1H3,(H,18,19). The number of nitrogens with zero attached hydrogens (tertiary/aromatic N) is 1. The predicted molar refractivity (Wildman–Crippen MR) is 84.5 cm³/mol. The number of aromatic nitrogens is 1. The van der Waals surface area contributed by atoms with Crippen LogP contribution in [0.5, 0.6) is 5.75 Å². The molecule has 4 nitrogen and oxygen atoms in total. The molecule has 0 saturated carbocycles. The van der Waals surface area contributed by atoms with E-state index in [0.717, 1.165) is 33.3 Å². The van der Waals surface area contributed by atoms with Crippen LogP contribution < -0.4 is 4.74 Å². The second-order valence-corrected chi connectivity index (χ2v) is 5.98. The monoisotopic (exact) mass is 325 g/mol. The van der Waals surface area contributed by atoms with Gasteiger partial charge in [-0.25, -0.2) is 4.98 Å². The summed E-state index contributed by atoms with van der Waals surface area (Å²) in [4.78, 5) is 16.0. The van der Waals surface area contributed by atoms with Crippen LogP contribution in [0.25, 0.3) is 10.6 Å². The van der Waals surface area contributed by atoms with Gasteiger partial charge in [-0.15, -0.1) is 22.9 Å². The van der Waals surface area contributed by atoms with Crippen molar-refractivity contribution in [2.75, 3.05) is 12.5 Å². The van der Waals surface area contributed by atoms with Gasteiger partial charge in [-0.3, -0.25) is 4.79 Å². The minimum atomic E-state index is -0.837. The largest absolute Gasteiger partial charge is 0.494 e. The molecule has 0 aliphatic carbocycles. The van der Waals surface area contributed by atoms with E-state index in [2.05, 4.69) is 4.98 Å². The van der Waals surface area contributed by atoms with Crippen LogP contribution in [0.4, 0.5) is 0 Å². The van der Waals surface area contributed by atoms with Crippen LogP contribution in [0.1, 0.15) is 17.0 Å². The van der Waals surface area contributed by atoms with Gasteiger partial charge in [0.25, 0.3) is 0 Å². The fraction of sp³-hybridized carbons (Fsp3) is 0.333. The summed E-state index contributed by atoms with van der Waals surface area (Å²) in [6.07, 6.45) is 0.830. The number of alkyl halides is 1. The van der Waals surface area contributed by atoms with Gasteiger partial charge in [0.2, 0.25) is 0 Å². The molecule has 0 aliphatic rings. The van der Waals surface area contributed by atoms with Crippen LogP contribution in [0.2, 0.25) is 0 Å². The lowest BCUT2D eigenvalue weighted by atomic mass is 10.2. The Morgan fingerprint density at radius 1 is 1.38 bits per heavy atom. The van der Waals surface area contributed by atoms with E-state index in [1.807, 2.05) is 31.2 Å². The van der Waals surface area contributed by atoms with Crippen molar-refractivity contribution in [3.8, 4) is 16.3 Å². The number of carboxylic acid groups (broad SMARTS) is 1. The number of carboxylic acids is 1. The van der Waals surface area contributed by atoms with Crippen LogP contribution in [-0.4, -0.2) is 28.5 Å². The van der Waals surface area contributed by atoms with E-state index in [1.165, 1.54) is 11.3 Å². The fourth-order valence-electron chi connectivity index (χ4n) is 1.79. The number of carbonyl (C=O) groups is 1. The summed E-state index contributed by atoms with van der Waals surface area (Å²) < 4.78 is 5.54. The van der Waals surface area contributed by atoms with Gasteiger partial charge < -0.3 is 9.84 Å². The van der Waals surface area contributed by atoms with E-state index < -0.39 is 5.97 Å². The van der Waals surface area contributed by atoms with Gasteiger partial charge in [0.15, 0.2) is 0 Å². The number of hydrogen-bond donors (Lipinski definition) is 1. The summed E-state index contributed by atoms with van der Waals surface area (Å²) >= 11 is 7.02. The number of aliphatic carboxylic acids is 1. The summed E-state index contributed by atoms with van der Waals surface area (Å²) in [5.41, 5.74) is 1.74. The minimum absolute atomic E-state index is 0.0170. The number of halogens is 1. The molecule has 0 radical (unpaired) electrons. The van der Waals surface area contributed by atoms with Crippen LogP contribution >= 0.6 is 22.9 Å². The quantitative estimate of drug-likeness (QED) is 0.622. The lowest BCUT2D eigenvalue weighted by Crippen LogP contribution is -1.99. The molecule has 0 saturated heterocycles. The zero-order chi connectivity index (χ0) is 15.2. The Kier molecular flexibility index (Phi) is 5.59. The van der Waals surface area contributed by atoms with Crippen LogP contribution in [0.3, 0.4) is 0 Å². The molecule has 0 fully saturated rings. The SMILES string of the molecule is Cc1nc(-c2ccc(OCCCCl)cc2)sc1CC(=O)O. The maximum Gasteiger partial charge on any atom is 0.308 e.